The van der Waals surface area contributed by atoms with Crippen LogP contribution >= 0.6 is 0 Å². The summed E-state index contributed by atoms with van der Waals surface area (Å²) >= 11 is 0. The average molecular weight is 349 g/mol. The molecule has 0 amide bonds. The fraction of sp³-hybridized carbons (Fsp3) is 0.333. The van der Waals surface area contributed by atoms with Crippen LogP contribution < -0.4 is 4.74 Å². The zero-order chi connectivity index (χ0) is 17.7. The smallest absolute Gasteiger partial charge is 0.242 e. The first-order chi connectivity index (χ1) is 11.3. The van der Waals surface area contributed by atoms with Gasteiger partial charge in [-0.05, 0) is 43.7 Å². The number of hydrogen-bond acceptors (Lipinski definition) is 4. The number of ether oxygens (including phenoxy) is 1. The third-order valence-electron chi connectivity index (χ3n) is 3.63. The summed E-state index contributed by atoms with van der Waals surface area (Å²) < 4.78 is 31.6. The molecule has 0 spiro atoms. The highest BCUT2D eigenvalue weighted by Crippen LogP contribution is 2.16. The Balaban J connectivity index is 1.95. The predicted octanol–water partition coefficient (Wildman–Crippen LogP) is 2.36. The van der Waals surface area contributed by atoms with Crippen LogP contribution in [0.2, 0.25) is 0 Å². The zero-order valence-electron chi connectivity index (χ0n) is 14.1. The standard InChI is InChI=1S/C18H23NO4S/c1-14-7-9-18(10-8-14)24(21,22)19(3)12-16(20)13-23-17-6-4-5-15(2)11-17/h4-11,16,20H,12-13H2,1-3H3. The Kier molecular flexibility index (Phi) is 5.99. The minimum Gasteiger partial charge on any atom is -0.491 e. The van der Waals surface area contributed by atoms with Gasteiger partial charge in [0.05, 0.1) is 4.90 Å². The Labute approximate surface area is 143 Å². The van der Waals surface area contributed by atoms with Crippen LogP contribution in [-0.2, 0) is 10.0 Å². The van der Waals surface area contributed by atoms with E-state index in [1.54, 1.807) is 30.3 Å². The second kappa shape index (κ2) is 7.79. The fourth-order valence-corrected chi connectivity index (χ4v) is 3.44. The van der Waals surface area contributed by atoms with Crippen molar-refractivity contribution in [2.24, 2.45) is 0 Å². The summed E-state index contributed by atoms with van der Waals surface area (Å²) in [6.45, 7) is 3.83. The van der Waals surface area contributed by atoms with E-state index >= 15 is 0 Å². The summed E-state index contributed by atoms with van der Waals surface area (Å²) in [7, 11) is -2.17. The molecule has 6 heteroatoms. The molecular weight excluding hydrogens is 326 g/mol. The SMILES string of the molecule is Cc1ccc(S(=O)(=O)N(C)CC(O)COc2cccc(C)c2)cc1. The third-order valence-corrected chi connectivity index (χ3v) is 5.47. The van der Waals surface area contributed by atoms with E-state index in [1.165, 1.54) is 7.05 Å². The lowest BCUT2D eigenvalue weighted by molar-refractivity contribution is 0.0935. The van der Waals surface area contributed by atoms with Gasteiger partial charge in [0.1, 0.15) is 18.5 Å². The van der Waals surface area contributed by atoms with Crippen molar-refractivity contribution >= 4 is 10.0 Å². The Morgan fingerprint density at radius 2 is 1.75 bits per heavy atom. The van der Waals surface area contributed by atoms with E-state index in [4.69, 9.17) is 4.74 Å². The van der Waals surface area contributed by atoms with E-state index in [0.29, 0.717) is 5.75 Å². The van der Waals surface area contributed by atoms with Gasteiger partial charge in [-0.25, -0.2) is 8.42 Å². The highest BCUT2D eigenvalue weighted by molar-refractivity contribution is 7.89. The van der Waals surface area contributed by atoms with Crippen LogP contribution in [0, 0.1) is 13.8 Å². The Morgan fingerprint density at radius 1 is 1.08 bits per heavy atom. The molecule has 0 bridgehead atoms. The maximum absolute atomic E-state index is 12.5. The zero-order valence-corrected chi connectivity index (χ0v) is 15.0. The number of aliphatic hydroxyl groups is 1. The van der Waals surface area contributed by atoms with Gasteiger partial charge in [-0.3, -0.25) is 0 Å². The highest BCUT2D eigenvalue weighted by Gasteiger charge is 2.23. The maximum atomic E-state index is 12.5. The molecule has 1 N–H and O–H groups in total. The number of rotatable bonds is 7. The van der Waals surface area contributed by atoms with Crippen molar-refractivity contribution in [3.8, 4) is 5.75 Å². The Hall–Kier alpha value is -1.89. The molecule has 2 aromatic rings. The monoisotopic (exact) mass is 349 g/mol. The molecule has 1 unspecified atom stereocenters. The Bertz CT molecular complexity index is 772. The van der Waals surface area contributed by atoms with Gasteiger partial charge in [-0.1, -0.05) is 29.8 Å². The number of nitrogens with zero attached hydrogens (tertiary/aromatic N) is 1. The van der Waals surface area contributed by atoms with Crippen molar-refractivity contribution in [1.82, 2.24) is 4.31 Å². The first-order valence-electron chi connectivity index (χ1n) is 7.69. The van der Waals surface area contributed by atoms with Crippen molar-refractivity contribution in [1.29, 1.82) is 0 Å². The molecule has 5 nitrogen and oxygen atoms in total. The van der Waals surface area contributed by atoms with Crippen LogP contribution in [0.1, 0.15) is 11.1 Å². The van der Waals surface area contributed by atoms with Gasteiger partial charge in [0.2, 0.25) is 10.0 Å². The van der Waals surface area contributed by atoms with E-state index in [2.05, 4.69) is 0 Å². The molecule has 2 aromatic carbocycles. The van der Waals surface area contributed by atoms with Crippen molar-refractivity contribution in [3.05, 3.63) is 59.7 Å². The van der Waals surface area contributed by atoms with Crippen molar-refractivity contribution < 1.29 is 18.3 Å². The first-order valence-corrected chi connectivity index (χ1v) is 9.13. The van der Waals surface area contributed by atoms with Crippen LogP contribution in [-0.4, -0.2) is 44.1 Å². The molecule has 0 heterocycles. The molecule has 0 fully saturated rings. The van der Waals surface area contributed by atoms with Crippen molar-refractivity contribution in [3.63, 3.8) is 0 Å². The molecule has 0 saturated carbocycles. The number of likely N-dealkylation sites (N-methyl/N-ethyl adjacent to an activating group) is 1. The van der Waals surface area contributed by atoms with Gasteiger partial charge >= 0.3 is 0 Å². The fourth-order valence-electron chi connectivity index (χ4n) is 2.24. The number of benzene rings is 2. The second-order valence-electron chi connectivity index (χ2n) is 5.88. The van der Waals surface area contributed by atoms with Gasteiger partial charge in [-0.15, -0.1) is 0 Å². The molecule has 0 aliphatic heterocycles. The summed E-state index contributed by atoms with van der Waals surface area (Å²) in [5, 5.41) is 10.1. The molecule has 24 heavy (non-hydrogen) atoms. The van der Waals surface area contributed by atoms with E-state index in [0.717, 1.165) is 15.4 Å². The molecular formula is C18H23NO4S. The summed E-state index contributed by atoms with van der Waals surface area (Å²) in [5.41, 5.74) is 2.05. The second-order valence-corrected chi connectivity index (χ2v) is 7.92. The number of aryl methyl sites for hydroxylation is 2. The van der Waals surface area contributed by atoms with E-state index in [-0.39, 0.29) is 18.0 Å². The van der Waals surface area contributed by atoms with Crippen LogP contribution in [0.5, 0.6) is 5.75 Å². The van der Waals surface area contributed by atoms with Crippen LogP contribution in [0.25, 0.3) is 0 Å². The molecule has 0 radical (unpaired) electrons. The van der Waals surface area contributed by atoms with Crippen molar-refractivity contribution in [2.75, 3.05) is 20.2 Å². The minimum absolute atomic E-state index is 0.0250. The molecule has 2 rings (SSSR count). The Morgan fingerprint density at radius 3 is 2.38 bits per heavy atom. The largest absolute Gasteiger partial charge is 0.491 e. The maximum Gasteiger partial charge on any atom is 0.242 e. The van der Waals surface area contributed by atoms with Crippen molar-refractivity contribution in [2.45, 2.75) is 24.8 Å². The number of hydrogen-bond donors (Lipinski definition) is 1. The first kappa shape index (κ1) is 18.4. The molecule has 130 valence electrons. The quantitative estimate of drug-likeness (QED) is 0.833. The van der Waals surface area contributed by atoms with Gasteiger partial charge < -0.3 is 9.84 Å². The lowest BCUT2D eigenvalue weighted by Gasteiger charge is -2.21. The summed E-state index contributed by atoms with van der Waals surface area (Å²) in [6.07, 6.45) is -0.921. The average Bonchev–Trinajstić information content (AvgIpc) is 2.53. The normalized spacial score (nSPS) is 13.0. The van der Waals surface area contributed by atoms with E-state index in [9.17, 15) is 13.5 Å². The topological polar surface area (TPSA) is 66.8 Å². The predicted molar refractivity (Wildman–Crippen MR) is 93.7 cm³/mol. The van der Waals surface area contributed by atoms with Gasteiger partial charge in [0.15, 0.2) is 0 Å². The summed E-state index contributed by atoms with van der Waals surface area (Å²) in [6, 6.07) is 14.1. The molecule has 0 aliphatic carbocycles. The lowest BCUT2D eigenvalue weighted by atomic mass is 10.2. The van der Waals surface area contributed by atoms with Crippen LogP contribution in [0.3, 0.4) is 0 Å². The van der Waals surface area contributed by atoms with E-state index in [1.807, 2.05) is 32.0 Å². The highest BCUT2D eigenvalue weighted by atomic mass is 32.2. The number of sulfonamides is 1. The molecule has 0 aliphatic rings. The third kappa shape index (κ3) is 4.80. The van der Waals surface area contributed by atoms with Crippen LogP contribution in [0.15, 0.2) is 53.4 Å². The molecule has 0 saturated heterocycles. The van der Waals surface area contributed by atoms with E-state index < -0.39 is 16.1 Å². The van der Waals surface area contributed by atoms with Gasteiger partial charge in [0, 0.05) is 13.6 Å². The molecule has 0 aromatic heterocycles. The number of aliphatic hydroxyl groups excluding tert-OH is 1. The minimum atomic E-state index is -3.62. The summed E-state index contributed by atoms with van der Waals surface area (Å²) in [5.74, 6) is 0.651. The lowest BCUT2D eigenvalue weighted by Crippen LogP contribution is -2.37. The summed E-state index contributed by atoms with van der Waals surface area (Å²) in [4.78, 5) is 0.211. The van der Waals surface area contributed by atoms with Gasteiger partial charge in [-0.2, -0.15) is 4.31 Å². The molecule has 1 atom stereocenters. The van der Waals surface area contributed by atoms with Gasteiger partial charge in [0.25, 0.3) is 0 Å². The van der Waals surface area contributed by atoms with Crippen LogP contribution in [0.4, 0.5) is 0 Å².